The first kappa shape index (κ1) is 10.2. The molecule has 1 aliphatic rings. The second-order valence-corrected chi connectivity index (χ2v) is 3.85. The molecule has 0 saturated heterocycles. The number of carbonyl (C=O) groups is 1. The van der Waals surface area contributed by atoms with E-state index in [0.29, 0.717) is 13.0 Å². The summed E-state index contributed by atoms with van der Waals surface area (Å²) in [5.74, 6) is -0.338. The van der Waals surface area contributed by atoms with Crippen molar-refractivity contribution in [3.8, 4) is 0 Å². The number of esters is 1. The van der Waals surface area contributed by atoms with Crippen LogP contribution in [0.4, 0.5) is 0 Å². The van der Waals surface area contributed by atoms with Crippen molar-refractivity contribution in [3.05, 3.63) is 35.4 Å². The molecule has 1 N–H and O–H groups in total. The highest BCUT2D eigenvalue weighted by Gasteiger charge is 2.42. The number of benzene rings is 1. The molecule has 0 aromatic heterocycles. The Bertz CT molecular complexity index is 386. The van der Waals surface area contributed by atoms with E-state index in [1.807, 2.05) is 24.3 Å². The maximum atomic E-state index is 11.3. The molecule has 1 aliphatic carbocycles. The minimum absolute atomic E-state index is 0.0534. The molecule has 1 aromatic carbocycles. The second-order valence-electron chi connectivity index (χ2n) is 3.85. The molecule has 3 nitrogen and oxygen atoms in total. The normalized spacial score (nSPS) is 22.8. The lowest BCUT2D eigenvalue weighted by atomic mass is 9.71. The van der Waals surface area contributed by atoms with Gasteiger partial charge in [-0.05, 0) is 18.1 Å². The number of hydrogen-bond acceptors (Lipinski definition) is 3. The van der Waals surface area contributed by atoms with E-state index in [4.69, 9.17) is 4.74 Å². The largest absolute Gasteiger partial charge is 0.466 e. The zero-order chi connectivity index (χ0) is 10.9. The molecule has 0 fully saturated rings. The highest BCUT2D eigenvalue weighted by molar-refractivity contribution is 5.72. The molecular weight excluding hydrogens is 192 g/mol. The molecule has 0 radical (unpaired) electrons. The lowest BCUT2D eigenvalue weighted by Crippen LogP contribution is -2.40. The summed E-state index contributed by atoms with van der Waals surface area (Å²) in [6.07, 6.45) is 0.597. The molecule has 0 amide bonds. The van der Waals surface area contributed by atoms with Crippen LogP contribution in [0, 0.1) is 0 Å². The van der Waals surface area contributed by atoms with Crippen LogP contribution in [0.5, 0.6) is 0 Å². The topological polar surface area (TPSA) is 46.5 Å². The van der Waals surface area contributed by atoms with Gasteiger partial charge in [0.15, 0.2) is 0 Å². The number of hydrogen-bond donors (Lipinski definition) is 1. The molecule has 1 unspecified atom stereocenters. The fourth-order valence-electron chi connectivity index (χ4n) is 2.04. The van der Waals surface area contributed by atoms with Crippen LogP contribution in [0.25, 0.3) is 0 Å². The van der Waals surface area contributed by atoms with Crippen LogP contribution >= 0.6 is 0 Å². The monoisotopic (exact) mass is 206 g/mol. The third kappa shape index (κ3) is 1.75. The van der Waals surface area contributed by atoms with Crippen molar-refractivity contribution < 1.29 is 14.6 Å². The van der Waals surface area contributed by atoms with Crippen LogP contribution in [-0.2, 0) is 21.6 Å². The van der Waals surface area contributed by atoms with Gasteiger partial charge >= 0.3 is 5.97 Å². The Kier molecular flexibility index (Phi) is 2.49. The molecule has 3 heteroatoms. The quantitative estimate of drug-likeness (QED) is 0.760. The Morgan fingerprint density at radius 1 is 1.53 bits per heavy atom. The van der Waals surface area contributed by atoms with Crippen LogP contribution in [0.2, 0.25) is 0 Å². The molecule has 0 spiro atoms. The summed E-state index contributed by atoms with van der Waals surface area (Å²) in [4.78, 5) is 11.3. The molecule has 0 bridgehead atoms. The summed E-state index contributed by atoms with van der Waals surface area (Å²) in [7, 11) is 0. The van der Waals surface area contributed by atoms with Gasteiger partial charge in [-0.3, -0.25) is 4.79 Å². The van der Waals surface area contributed by atoms with Gasteiger partial charge in [-0.1, -0.05) is 24.3 Å². The van der Waals surface area contributed by atoms with Gasteiger partial charge in [0.2, 0.25) is 0 Å². The Labute approximate surface area is 88.7 Å². The van der Waals surface area contributed by atoms with Crippen LogP contribution in [0.1, 0.15) is 24.5 Å². The van der Waals surface area contributed by atoms with Crippen molar-refractivity contribution >= 4 is 5.97 Å². The van der Waals surface area contributed by atoms with Gasteiger partial charge in [0.1, 0.15) is 5.60 Å². The van der Waals surface area contributed by atoms with Crippen molar-refractivity contribution in [1.82, 2.24) is 0 Å². The number of rotatable bonds is 3. The van der Waals surface area contributed by atoms with Gasteiger partial charge in [0.25, 0.3) is 0 Å². The highest BCUT2D eigenvalue weighted by atomic mass is 16.5. The molecular formula is C12H14O3. The minimum Gasteiger partial charge on any atom is -0.466 e. The first-order valence-corrected chi connectivity index (χ1v) is 5.12. The lowest BCUT2D eigenvalue weighted by molar-refractivity contribution is -0.150. The maximum Gasteiger partial charge on any atom is 0.309 e. The summed E-state index contributed by atoms with van der Waals surface area (Å²) in [6.45, 7) is 2.12. The van der Waals surface area contributed by atoms with Crippen LogP contribution in [-0.4, -0.2) is 17.7 Å². The average molecular weight is 206 g/mol. The number of fused-ring (bicyclic) bond motifs is 1. The minimum atomic E-state index is -0.997. The average Bonchev–Trinajstić information content (AvgIpc) is 2.17. The van der Waals surface area contributed by atoms with Crippen molar-refractivity contribution in [2.45, 2.75) is 25.4 Å². The fraction of sp³-hybridized carbons (Fsp3) is 0.417. The maximum absolute atomic E-state index is 11.3. The van der Waals surface area contributed by atoms with Gasteiger partial charge in [0, 0.05) is 6.42 Å². The summed E-state index contributed by atoms with van der Waals surface area (Å²) in [5, 5.41) is 10.2. The van der Waals surface area contributed by atoms with Gasteiger partial charge in [-0.15, -0.1) is 0 Å². The molecule has 80 valence electrons. The number of ether oxygens (including phenoxy) is 1. The molecule has 15 heavy (non-hydrogen) atoms. The van der Waals surface area contributed by atoms with E-state index in [2.05, 4.69) is 0 Å². The first-order valence-electron chi connectivity index (χ1n) is 5.12. The predicted molar refractivity (Wildman–Crippen MR) is 55.3 cm³/mol. The molecule has 1 atom stereocenters. The summed E-state index contributed by atoms with van der Waals surface area (Å²) < 4.78 is 4.83. The van der Waals surface area contributed by atoms with Crippen molar-refractivity contribution in [3.63, 3.8) is 0 Å². The van der Waals surface area contributed by atoms with E-state index >= 15 is 0 Å². The van der Waals surface area contributed by atoms with E-state index in [1.165, 1.54) is 0 Å². The van der Waals surface area contributed by atoms with Crippen molar-refractivity contribution in [1.29, 1.82) is 0 Å². The third-order valence-electron chi connectivity index (χ3n) is 2.74. The Morgan fingerprint density at radius 2 is 2.27 bits per heavy atom. The van der Waals surface area contributed by atoms with Gasteiger partial charge in [0.05, 0.1) is 13.0 Å². The Balaban J connectivity index is 2.09. The number of carbonyl (C=O) groups excluding carboxylic acids is 1. The summed E-state index contributed by atoms with van der Waals surface area (Å²) in [5.41, 5.74) is 0.977. The van der Waals surface area contributed by atoms with E-state index in [0.717, 1.165) is 11.1 Å². The lowest BCUT2D eigenvalue weighted by Gasteiger charge is -2.38. The third-order valence-corrected chi connectivity index (χ3v) is 2.74. The van der Waals surface area contributed by atoms with Gasteiger partial charge in [-0.25, -0.2) is 0 Å². The van der Waals surface area contributed by atoms with Crippen LogP contribution in [0.15, 0.2) is 24.3 Å². The Hall–Kier alpha value is -1.35. The second kappa shape index (κ2) is 3.66. The first-order chi connectivity index (χ1) is 7.15. The number of aliphatic hydroxyl groups is 1. The summed E-state index contributed by atoms with van der Waals surface area (Å²) >= 11 is 0. The zero-order valence-corrected chi connectivity index (χ0v) is 8.69. The molecule has 2 rings (SSSR count). The van der Waals surface area contributed by atoms with Crippen LogP contribution in [0.3, 0.4) is 0 Å². The van der Waals surface area contributed by atoms with E-state index in [9.17, 15) is 9.90 Å². The molecule has 0 heterocycles. The van der Waals surface area contributed by atoms with Crippen molar-refractivity contribution in [2.24, 2.45) is 0 Å². The van der Waals surface area contributed by atoms with Crippen molar-refractivity contribution in [2.75, 3.05) is 6.61 Å². The highest BCUT2D eigenvalue weighted by Crippen LogP contribution is 2.41. The van der Waals surface area contributed by atoms with Crippen LogP contribution < -0.4 is 0 Å². The standard InChI is InChI=1S/C12H14O3/c1-2-15-11(13)8-12(14)7-9-5-3-4-6-10(9)12/h3-6,14H,2,7-8H2,1H3. The smallest absolute Gasteiger partial charge is 0.309 e. The summed E-state index contributed by atoms with van der Waals surface area (Å²) in [6, 6.07) is 7.63. The van der Waals surface area contributed by atoms with E-state index in [-0.39, 0.29) is 12.4 Å². The van der Waals surface area contributed by atoms with Gasteiger partial charge < -0.3 is 9.84 Å². The zero-order valence-electron chi connectivity index (χ0n) is 8.69. The molecule has 0 saturated carbocycles. The van der Waals surface area contributed by atoms with Gasteiger partial charge in [-0.2, -0.15) is 0 Å². The fourth-order valence-corrected chi connectivity index (χ4v) is 2.04. The van der Waals surface area contributed by atoms with E-state index in [1.54, 1.807) is 6.92 Å². The molecule has 1 aromatic rings. The van der Waals surface area contributed by atoms with E-state index < -0.39 is 5.60 Å². The Morgan fingerprint density at radius 3 is 2.93 bits per heavy atom. The molecule has 0 aliphatic heterocycles. The predicted octanol–water partition coefficient (Wildman–Crippen LogP) is 1.38. The SMILES string of the molecule is CCOC(=O)CC1(O)Cc2ccccc21.